The predicted octanol–water partition coefficient (Wildman–Crippen LogP) is 4.93. The first-order chi connectivity index (χ1) is 11.0. The molecule has 0 atom stereocenters. The SMILES string of the molecule is Fc1c(F)c(NN=Cc2c[nH]c3ccccc23)c(F)c(F)c1Br. The summed E-state index contributed by atoms with van der Waals surface area (Å²) in [5.74, 6) is -6.19. The molecule has 1 heterocycles. The number of aromatic amines is 1. The Hall–Kier alpha value is -2.35. The van der Waals surface area contributed by atoms with Gasteiger partial charge in [0.15, 0.2) is 23.3 Å². The van der Waals surface area contributed by atoms with E-state index < -0.39 is 33.4 Å². The van der Waals surface area contributed by atoms with Crippen LogP contribution in [0.4, 0.5) is 23.2 Å². The van der Waals surface area contributed by atoms with Crippen LogP contribution in [0.15, 0.2) is 40.0 Å². The Morgan fingerprint density at radius 2 is 1.65 bits per heavy atom. The molecule has 2 N–H and O–H groups in total. The topological polar surface area (TPSA) is 40.2 Å². The monoisotopic (exact) mass is 385 g/mol. The molecule has 0 saturated heterocycles. The molecule has 3 rings (SSSR count). The van der Waals surface area contributed by atoms with E-state index in [0.29, 0.717) is 5.56 Å². The fourth-order valence-electron chi connectivity index (χ4n) is 2.07. The third-order valence-corrected chi connectivity index (χ3v) is 3.91. The lowest BCUT2D eigenvalue weighted by Gasteiger charge is -2.07. The van der Waals surface area contributed by atoms with Crippen LogP contribution >= 0.6 is 15.9 Å². The third-order valence-electron chi connectivity index (χ3n) is 3.21. The number of nitrogens with zero attached hydrogens (tertiary/aromatic N) is 1. The molecule has 0 amide bonds. The van der Waals surface area contributed by atoms with Crippen molar-refractivity contribution < 1.29 is 17.6 Å². The van der Waals surface area contributed by atoms with Gasteiger partial charge in [0.2, 0.25) is 0 Å². The highest BCUT2D eigenvalue weighted by Gasteiger charge is 2.23. The zero-order chi connectivity index (χ0) is 16.6. The summed E-state index contributed by atoms with van der Waals surface area (Å²) in [7, 11) is 0. The number of H-pyrrole nitrogens is 1. The molecule has 8 heteroatoms. The molecular weight excluding hydrogens is 378 g/mol. The lowest BCUT2D eigenvalue weighted by molar-refractivity contribution is 0.451. The second kappa shape index (κ2) is 6.04. The molecule has 0 aliphatic heterocycles. The second-order valence-electron chi connectivity index (χ2n) is 4.60. The Kier molecular flexibility index (Phi) is 4.08. The van der Waals surface area contributed by atoms with Gasteiger partial charge in [0.1, 0.15) is 5.69 Å². The number of nitrogens with one attached hydrogen (secondary N) is 2. The highest BCUT2D eigenvalue weighted by atomic mass is 79.9. The number of benzene rings is 2. The standard InChI is InChI=1S/C15H8BrF4N3/c16-10-11(17)13(19)15(14(20)12(10)18)23-22-6-7-5-21-9-4-2-1-3-8(7)9/h1-6,21,23H. The molecule has 0 saturated carbocycles. The molecular formula is C15H8BrF4N3. The molecule has 0 spiro atoms. The van der Waals surface area contributed by atoms with E-state index in [0.717, 1.165) is 10.9 Å². The molecule has 0 aliphatic rings. The molecule has 0 unspecified atom stereocenters. The van der Waals surface area contributed by atoms with E-state index in [1.807, 2.05) is 29.7 Å². The van der Waals surface area contributed by atoms with Gasteiger partial charge in [0.25, 0.3) is 0 Å². The van der Waals surface area contributed by atoms with Crippen molar-refractivity contribution in [3.05, 3.63) is 63.8 Å². The molecule has 0 aliphatic carbocycles. The van der Waals surface area contributed by atoms with Gasteiger partial charge in [-0.2, -0.15) is 5.10 Å². The molecule has 23 heavy (non-hydrogen) atoms. The summed E-state index contributed by atoms with van der Waals surface area (Å²) in [6.45, 7) is 0. The van der Waals surface area contributed by atoms with Crippen molar-refractivity contribution >= 4 is 38.7 Å². The number of para-hydroxylation sites is 1. The Bertz CT molecular complexity index is 891. The van der Waals surface area contributed by atoms with E-state index in [1.54, 1.807) is 6.20 Å². The van der Waals surface area contributed by atoms with Crippen LogP contribution in [0.1, 0.15) is 5.56 Å². The quantitative estimate of drug-likeness (QED) is 0.216. The van der Waals surface area contributed by atoms with Gasteiger partial charge in [0.05, 0.1) is 10.7 Å². The zero-order valence-electron chi connectivity index (χ0n) is 11.3. The minimum Gasteiger partial charge on any atom is -0.361 e. The average molecular weight is 386 g/mol. The summed E-state index contributed by atoms with van der Waals surface area (Å²) in [4.78, 5) is 2.99. The summed E-state index contributed by atoms with van der Waals surface area (Å²) >= 11 is 2.44. The van der Waals surface area contributed by atoms with Crippen molar-refractivity contribution in [3.8, 4) is 0 Å². The van der Waals surface area contributed by atoms with Crippen LogP contribution in [0.5, 0.6) is 0 Å². The van der Waals surface area contributed by atoms with E-state index >= 15 is 0 Å². The van der Waals surface area contributed by atoms with Crippen LogP contribution in [-0.2, 0) is 0 Å². The highest BCUT2D eigenvalue weighted by molar-refractivity contribution is 9.10. The molecule has 0 bridgehead atoms. The van der Waals surface area contributed by atoms with Crippen molar-refractivity contribution in [2.45, 2.75) is 0 Å². The number of halogens is 5. The molecule has 1 aromatic heterocycles. The summed E-state index contributed by atoms with van der Waals surface area (Å²) in [5.41, 5.74) is 2.50. The van der Waals surface area contributed by atoms with Gasteiger partial charge in [-0.25, -0.2) is 17.6 Å². The van der Waals surface area contributed by atoms with E-state index in [-0.39, 0.29) is 0 Å². The van der Waals surface area contributed by atoms with Crippen molar-refractivity contribution in [1.82, 2.24) is 4.98 Å². The number of fused-ring (bicyclic) bond motifs is 1. The van der Waals surface area contributed by atoms with Gasteiger partial charge >= 0.3 is 0 Å². The van der Waals surface area contributed by atoms with Gasteiger partial charge in [0, 0.05) is 22.7 Å². The number of rotatable bonds is 3. The smallest absolute Gasteiger partial charge is 0.188 e. The first-order valence-electron chi connectivity index (χ1n) is 6.37. The Labute approximate surface area is 136 Å². The minimum atomic E-state index is -1.56. The van der Waals surface area contributed by atoms with Crippen molar-refractivity contribution in [2.24, 2.45) is 5.10 Å². The van der Waals surface area contributed by atoms with E-state index in [1.165, 1.54) is 6.21 Å². The van der Waals surface area contributed by atoms with Crippen LogP contribution in [0.25, 0.3) is 10.9 Å². The first kappa shape index (κ1) is 15.5. The first-order valence-corrected chi connectivity index (χ1v) is 7.16. The van der Waals surface area contributed by atoms with Crippen LogP contribution < -0.4 is 5.43 Å². The van der Waals surface area contributed by atoms with Crippen molar-refractivity contribution in [1.29, 1.82) is 0 Å². The van der Waals surface area contributed by atoms with Crippen LogP contribution in [0.2, 0.25) is 0 Å². The van der Waals surface area contributed by atoms with Crippen molar-refractivity contribution in [3.63, 3.8) is 0 Å². The van der Waals surface area contributed by atoms with Gasteiger partial charge in [-0.1, -0.05) is 18.2 Å². The number of hydrazone groups is 1. The summed E-state index contributed by atoms with van der Waals surface area (Å²) in [6.07, 6.45) is 2.93. The van der Waals surface area contributed by atoms with E-state index in [4.69, 9.17) is 0 Å². The van der Waals surface area contributed by atoms with Gasteiger partial charge in [-0.15, -0.1) is 0 Å². The fraction of sp³-hybridized carbons (Fsp3) is 0. The number of anilines is 1. The minimum absolute atomic E-state index is 0.645. The molecule has 0 radical (unpaired) electrons. The zero-order valence-corrected chi connectivity index (χ0v) is 12.9. The molecule has 118 valence electrons. The fourth-order valence-corrected chi connectivity index (χ4v) is 2.42. The normalized spacial score (nSPS) is 11.5. The maximum atomic E-state index is 13.7. The van der Waals surface area contributed by atoms with Gasteiger partial charge < -0.3 is 4.98 Å². The molecule has 3 nitrogen and oxygen atoms in total. The lowest BCUT2D eigenvalue weighted by atomic mass is 10.2. The lowest BCUT2D eigenvalue weighted by Crippen LogP contribution is -2.04. The largest absolute Gasteiger partial charge is 0.361 e. The van der Waals surface area contributed by atoms with Gasteiger partial charge in [-0.3, -0.25) is 5.43 Å². The average Bonchev–Trinajstić information content (AvgIpc) is 2.97. The molecule has 0 fully saturated rings. The maximum absolute atomic E-state index is 13.7. The Morgan fingerprint density at radius 3 is 2.35 bits per heavy atom. The highest BCUT2D eigenvalue weighted by Crippen LogP contribution is 2.31. The van der Waals surface area contributed by atoms with Crippen LogP contribution in [0.3, 0.4) is 0 Å². The predicted molar refractivity (Wildman–Crippen MR) is 83.5 cm³/mol. The summed E-state index contributed by atoms with van der Waals surface area (Å²) < 4.78 is 53.3. The van der Waals surface area contributed by atoms with E-state index in [2.05, 4.69) is 26.0 Å². The number of hydrogen-bond donors (Lipinski definition) is 2. The van der Waals surface area contributed by atoms with Gasteiger partial charge in [-0.05, 0) is 22.0 Å². The maximum Gasteiger partial charge on any atom is 0.188 e. The summed E-state index contributed by atoms with van der Waals surface area (Å²) in [6, 6.07) is 7.34. The number of aromatic nitrogens is 1. The molecule has 3 aromatic rings. The Morgan fingerprint density at radius 1 is 1.00 bits per heavy atom. The second-order valence-corrected chi connectivity index (χ2v) is 5.40. The van der Waals surface area contributed by atoms with Crippen LogP contribution in [-0.4, -0.2) is 11.2 Å². The summed E-state index contributed by atoms with van der Waals surface area (Å²) in [5, 5.41) is 4.48. The van der Waals surface area contributed by atoms with Crippen molar-refractivity contribution in [2.75, 3.05) is 5.43 Å². The third kappa shape index (κ3) is 2.70. The Balaban J connectivity index is 1.92. The number of hydrogen-bond acceptors (Lipinski definition) is 2. The van der Waals surface area contributed by atoms with E-state index in [9.17, 15) is 17.6 Å². The van der Waals surface area contributed by atoms with Crippen LogP contribution in [0, 0.1) is 23.3 Å². The molecule has 2 aromatic carbocycles.